The van der Waals surface area contributed by atoms with E-state index in [-0.39, 0.29) is 5.92 Å². The lowest BCUT2D eigenvalue weighted by molar-refractivity contribution is -0.137. The molecule has 0 radical (unpaired) electrons. The Morgan fingerprint density at radius 3 is 2.75 bits per heavy atom. The highest BCUT2D eigenvalue weighted by molar-refractivity contribution is 5.36. The molecule has 1 aliphatic heterocycles. The molecule has 0 aliphatic carbocycles. The second-order valence-electron chi connectivity index (χ2n) is 4.27. The first-order valence-corrected chi connectivity index (χ1v) is 5.39. The molecule has 1 nitrogen and oxygen atoms in total. The van der Waals surface area contributed by atoms with Crippen molar-refractivity contribution >= 4 is 0 Å². The minimum atomic E-state index is -4.24. The van der Waals surface area contributed by atoms with Gasteiger partial charge in [-0.3, -0.25) is 0 Å². The smallest absolute Gasteiger partial charge is 0.316 e. The molecule has 0 saturated heterocycles. The van der Waals surface area contributed by atoms with E-state index in [9.17, 15) is 13.2 Å². The van der Waals surface area contributed by atoms with E-state index in [1.807, 2.05) is 6.92 Å². The van der Waals surface area contributed by atoms with Gasteiger partial charge in [-0.2, -0.15) is 13.2 Å². The Balaban J connectivity index is 2.43. The van der Waals surface area contributed by atoms with Gasteiger partial charge in [0.2, 0.25) is 0 Å². The van der Waals surface area contributed by atoms with Crippen LogP contribution in [0.15, 0.2) is 18.2 Å². The molecule has 88 valence electrons. The highest BCUT2D eigenvalue weighted by Gasteiger charge is 2.31. The molecule has 0 aromatic heterocycles. The molecule has 1 heterocycles. The maximum absolute atomic E-state index is 12.6. The molecule has 0 amide bonds. The standard InChI is InChI=1S/C12H14F3N/c1-8-7-16-5-4-9-2-3-10(6-11(8)9)12(13,14)15/h2-3,6,8,16H,4-5,7H2,1H3/t8-/m0/s1. The summed E-state index contributed by atoms with van der Waals surface area (Å²) in [5.74, 6) is 0.139. The van der Waals surface area contributed by atoms with Gasteiger partial charge in [-0.05, 0) is 42.1 Å². The van der Waals surface area contributed by atoms with Crippen LogP contribution in [0.3, 0.4) is 0 Å². The maximum Gasteiger partial charge on any atom is 0.416 e. The molecule has 1 N–H and O–H groups in total. The van der Waals surface area contributed by atoms with Crippen LogP contribution >= 0.6 is 0 Å². The van der Waals surface area contributed by atoms with Crippen LogP contribution in [0.1, 0.15) is 29.5 Å². The third-order valence-electron chi connectivity index (χ3n) is 3.03. The Bertz CT molecular complexity index is 384. The largest absolute Gasteiger partial charge is 0.416 e. The monoisotopic (exact) mass is 229 g/mol. The molecule has 1 aromatic rings. The molecule has 4 heteroatoms. The van der Waals surface area contributed by atoms with Crippen molar-refractivity contribution in [3.63, 3.8) is 0 Å². The van der Waals surface area contributed by atoms with Gasteiger partial charge in [0.15, 0.2) is 0 Å². The lowest BCUT2D eigenvalue weighted by atomic mass is 9.93. The summed E-state index contributed by atoms with van der Waals surface area (Å²) in [4.78, 5) is 0. The third kappa shape index (κ3) is 2.21. The van der Waals surface area contributed by atoms with Crippen molar-refractivity contribution in [2.75, 3.05) is 13.1 Å². The Labute approximate surface area is 92.7 Å². The van der Waals surface area contributed by atoms with E-state index < -0.39 is 11.7 Å². The van der Waals surface area contributed by atoms with Crippen LogP contribution in [0.4, 0.5) is 13.2 Å². The van der Waals surface area contributed by atoms with E-state index in [0.717, 1.165) is 30.6 Å². The van der Waals surface area contributed by atoms with Gasteiger partial charge in [0, 0.05) is 6.54 Å². The van der Waals surface area contributed by atoms with Crippen molar-refractivity contribution in [1.82, 2.24) is 5.32 Å². The Morgan fingerprint density at radius 1 is 1.31 bits per heavy atom. The summed E-state index contributed by atoms with van der Waals surface area (Å²) in [5.41, 5.74) is 1.32. The van der Waals surface area contributed by atoms with Crippen LogP contribution in [-0.4, -0.2) is 13.1 Å². The number of rotatable bonds is 0. The molecule has 1 atom stereocenters. The van der Waals surface area contributed by atoms with Crippen molar-refractivity contribution in [1.29, 1.82) is 0 Å². The number of benzene rings is 1. The van der Waals surface area contributed by atoms with E-state index in [2.05, 4.69) is 5.32 Å². The highest BCUT2D eigenvalue weighted by Crippen LogP contribution is 2.33. The van der Waals surface area contributed by atoms with E-state index in [4.69, 9.17) is 0 Å². The molecule has 16 heavy (non-hydrogen) atoms. The molecule has 0 saturated carbocycles. The van der Waals surface area contributed by atoms with E-state index >= 15 is 0 Å². The van der Waals surface area contributed by atoms with Gasteiger partial charge in [0.05, 0.1) is 5.56 Å². The lowest BCUT2D eigenvalue weighted by Gasteiger charge is -2.15. The van der Waals surface area contributed by atoms with E-state index in [0.29, 0.717) is 0 Å². The van der Waals surface area contributed by atoms with Gasteiger partial charge in [-0.1, -0.05) is 13.0 Å². The van der Waals surface area contributed by atoms with Crippen LogP contribution in [0.25, 0.3) is 0 Å². The van der Waals surface area contributed by atoms with Crippen LogP contribution in [0.5, 0.6) is 0 Å². The maximum atomic E-state index is 12.6. The summed E-state index contributed by atoms with van der Waals surface area (Å²) >= 11 is 0. The van der Waals surface area contributed by atoms with Crippen molar-refractivity contribution in [3.8, 4) is 0 Å². The zero-order chi connectivity index (χ0) is 11.8. The summed E-state index contributed by atoms with van der Waals surface area (Å²) in [5, 5.41) is 3.22. The van der Waals surface area contributed by atoms with Gasteiger partial charge < -0.3 is 5.32 Å². The summed E-state index contributed by atoms with van der Waals surface area (Å²) in [6.45, 7) is 3.54. The SMILES string of the molecule is C[C@H]1CNCCc2ccc(C(F)(F)F)cc21. The summed E-state index contributed by atoms with van der Waals surface area (Å²) in [6.07, 6.45) is -3.44. The predicted molar refractivity (Wildman–Crippen MR) is 56.4 cm³/mol. The van der Waals surface area contributed by atoms with Gasteiger partial charge in [0.25, 0.3) is 0 Å². The van der Waals surface area contributed by atoms with Crippen molar-refractivity contribution < 1.29 is 13.2 Å². The molecule has 0 fully saturated rings. The summed E-state index contributed by atoms with van der Waals surface area (Å²) < 4.78 is 37.7. The average molecular weight is 229 g/mol. The fourth-order valence-electron chi connectivity index (χ4n) is 2.11. The van der Waals surface area contributed by atoms with Crippen LogP contribution in [0, 0.1) is 0 Å². The van der Waals surface area contributed by atoms with Gasteiger partial charge in [0.1, 0.15) is 0 Å². The second-order valence-corrected chi connectivity index (χ2v) is 4.27. The predicted octanol–water partition coefficient (Wildman–Crippen LogP) is 2.95. The quantitative estimate of drug-likeness (QED) is 0.721. The molecule has 0 unspecified atom stereocenters. The van der Waals surface area contributed by atoms with Crippen molar-refractivity contribution in [2.24, 2.45) is 0 Å². The van der Waals surface area contributed by atoms with Crippen molar-refractivity contribution in [3.05, 3.63) is 34.9 Å². The Morgan fingerprint density at radius 2 is 2.06 bits per heavy atom. The number of hydrogen-bond donors (Lipinski definition) is 1. The number of halogens is 3. The fraction of sp³-hybridized carbons (Fsp3) is 0.500. The van der Waals surface area contributed by atoms with Crippen LogP contribution < -0.4 is 5.32 Å². The van der Waals surface area contributed by atoms with Crippen LogP contribution in [-0.2, 0) is 12.6 Å². The zero-order valence-electron chi connectivity index (χ0n) is 9.06. The average Bonchev–Trinajstić information content (AvgIpc) is 2.39. The van der Waals surface area contributed by atoms with Crippen LogP contribution in [0.2, 0.25) is 0 Å². The molecular weight excluding hydrogens is 215 g/mol. The Kier molecular flexibility index (Phi) is 2.93. The molecule has 1 aliphatic rings. The second kappa shape index (κ2) is 4.09. The number of fused-ring (bicyclic) bond motifs is 1. The fourth-order valence-corrected chi connectivity index (χ4v) is 2.11. The first kappa shape index (κ1) is 11.5. The zero-order valence-corrected chi connectivity index (χ0v) is 9.06. The van der Waals surface area contributed by atoms with Gasteiger partial charge in [-0.25, -0.2) is 0 Å². The van der Waals surface area contributed by atoms with E-state index in [1.54, 1.807) is 6.07 Å². The Hall–Kier alpha value is -1.03. The topological polar surface area (TPSA) is 12.0 Å². The molecule has 0 spiro atoms. The molecule has 2 rings (SSSR count). The summed E-state index contributed by atoms with van der Waals surface area (Å²) in [6, 6.07) is 4.09. The number of nitrogens with one attached hydrogen (secondary N) is 1. The lowest BCUT2D eigenvalue weighted by Crippen LogP contribution is -2.18. The molecular formula is C12H14F3N. The number of alkyl halides is 3. The molecule has 0 bridgehead atoms. The minimum absolute atomic E-state index is 0.139. The summed E-state index contributed by atoms with van der Waals surface area (Å²) in [7, 11) is 0. The normalized spacial score (nSPS) is 21.4. The minimum Gasteiger partial charge on any atom is -0.316 e. The first-order valence-electron chi connectivity index (χ1n) is 5.39. The highest BCUT2D eigenvalue weighted by atomic mass is 19.4. The van der Waals surface area contributed by atoms with Gasteiger partial charge >= 0.3 is 6.18 Å². The third-order valence-corrected chi connectivity index (χ3v) is 3.03. The number of hydrogen-bond acceptors (Lipinski definition) is 1. The van der Waals surface area contributed by atoms with E-state index in [1.165, 1.54) is 12.1 Å². The van der Waals surface area contributed by atoms with Crippen molar-refractivity contribution in [2.45, 2.75) is 25.4 Å². The van der Waals surface area contributed by atoms with Gasteiger partial charge in [-0.15, -0.1) is 0 Å². The first-order chi connectivity index (χ1) is 7.48. The molecule has 1 aromatic carbocycles.